The Morgan fingerprint density at radius 1 is 1.38 bits per heavy atom. The van der Waals surface area contributed by atoms with Crippen LogP contribution in [0.15, 0.2) is 23.1 Å². The lowest BCUT2D eigenvalue weighted by atomic mass is 10.2. The van der Waals surface area contributed by atoms with Gasteiger partial charge in [0.2, 0.25) is 0 Å². The van der Waals surface area contributed by atoms with Crippen molar-refractivity contribution in [1.82, 2.24) is 4.57 Å². The van der Waals surface area contributed by atoms with Crippen molar-refractivity contribution in [2.24, 2.45) is 0 Å². The molecule has 0 bridgehead atoms. The van der Waals surface area contributed by atoms with Crippen molar-refractivity contribution in [3.8, 4) is 0 Å². The molecule has 0 aromatic carbocycles. The molecule has 0 amide bonds. The number of rotatable bonds is 4. The Labute approximate surface area is 96.5 Å². The molecule has 0 aliphatic heterocycles. The van der Waals surface area contributed by atoms with Crippen molar-refractivity contribution in [2.45, 2.75) is 51.6 Å². The molecule has 1 aliphatic rings. The maximum atomic E-state index is 11.5. The lowest BCUT2D eigenvalue weighted by molar-refractivity contribution is 0.652. The van der Waals surface area contributed by atoms with Crippen LogP contribution in [0, 0.1) is 0 Å². The van der Waals surface area contributed by atoms with Crippen LogP contribution in [0.3, 0.4) is 0 Å². The van der Waals surface area contributed by atoms with E-state index >= 15 is 0 Å². The molecule has 1 aromatic heterocycles. The first kappa shape index (κ1) is 11.2. The Balaban J connectivity index is 2.08. The van der Waals surface area contributed by atoms with Crippen LogP contribution in [0.25, 0.3) is 0 Å². The average molecular weight is 220 g/mol. The van der Waals surface area contributed by atoms with Crippen LogP contribution in [-0.4, -0.2) is 10.6 Å². The highest BCUT2D eigenvalue weighted by molar-refractivity contribution is 5.41. The number of nitrogens with one attached hydrogen (secondary N) is 1. The molecule has 88 valence electrons. The Morgan fingerprint density at radius 3 is 2.81 bits per heavy atom. The average Bonchev–Trinajstić information content (AvgIpc) is 2.76. The Kier molecular flexibility index (Phi) is 3.65. The molecule has 1 aliphatic carbocycles. The molecule has 0 spiro atoms. The van der Waals surface area contributed by atoms with E-state index in [1.165, 1.54) is 25.7 Å². The van der Waals surface area contributed by atoms with Gasteiger partial charge in [0.05, 0.1) is 5.69 Å². The lowest BCUT2D eigenvalue weighted by Gasteiger charge is -2.14. The molecule has 1 fully saturated rings. The van der Waals surface area contributed by atoms with Gasteiger partial charge in [-0.15, -0.1) is 0 Å². The zero-order chi connectivity index (χ0) is 11.4. The van der Waals surface area contributed by atoms with Gasteiger partial charge in [0.1, 0.15) is 0 Å². The molecule has 3 nitrogen and oxygen atoms in total. The Morgan fingerprint density at radius 2 is 2.12 bits per heavy atom. The van der Waals surface area contributed by atoms with Crippen molar-refractivity contribution >= 4 is 5.69 Å². The third-order valence-corrected chi connectivity index (χ3v) is 3.17. The number of anilines is 1. The molecular formula is C13H20N2O. The van der Waals surface area contributed by atoms with Crippen LogP contribution in [0.5, 0.6) is 0 Å². The lowest BCUT2D eigenvalue weighted by Crippen LogP contribution is -2.21. The minimum atomic E-state index is 0.0961. The van der Waals surface area contributed by atoms with Gasteiger partial charge >= 0.3 is 0 Å². The first-order valence-electron chi connectivity index (χ1n) is 6.26. The van der Waals surface area contributed by atoms with Crippen LogP contribution in [0.2, 0.25) is 0 Å². The number of aromatic nitrogens is 1. The first-order chi connectivity index (χ1) is 7.79. The summed E-state index contributed by atoms with van der Waals surface area (Å²) in [5.74, 6) is 0. The molecule has 0 atom stereocenters. The third kappa shape index (κ3) is 2.65. The standard InChI is InChI=1S/C13H20N2O/c1-2-9-15-10-12(7-8-13(15)16)14-11-5-3-4-6-11/h7-8,10-11,14H,2-6,9H2,1H3. The monoisotopic (exact) mass is 220 g/mol. The third-order valence-electron chi connectivity index (χ3n) is 3.17. The van der Waals surface area contributed by atoms with Crippen LogP contribution < -0.4 is 10.9 Å². The maximum Gasteiger partial charge on any atom is 0.250 e. The van der Waals surface area contributed by atoms with E-state index in [0.717, 1.165) is 18.7 Å². The molecule has 0 radical (unpaired) electrons. The smallest absolute Gasteiger partial charge is 0.250 e. The van der Waals surface area contributed by atoms with Crippen molar-refractivity contribution in [3.05, 3.63) is 28.7 Å². The van der Waals surface area contributed by atoms with Gasteiger partial charge < -0.3 is 9.88 Å². The van der Waals surface area contributed by atoms with Crippen LogP contribution >= 0.6 is 0 Å². The van der Waals surface area contributed by atoms with Gasteiger partial charge in [-0.2, -0.15) is 0 Å². The molecule has 0 saturated heterocycles. The Hall–Kier alpha value is -1.25. The fourth-order valence-corrected chi connectivity index (χ4v) is 2.34. The van der Waals surface area contributed by atoms with Crippen molar-refractivity contribution < 1.29 is 0 Å². The van der Waals surface area contributed by atoms with E-state index in [9.17, 15) is 4.79 Å². The SMILES string of the molecule is CCCn1cc(NC2CCCC2)ccc1=O. The number of pyridine rings is 1. The van der Waals surface area contributed by atoms with E-state index in [1.807, 2.05) is 12.3 Å². The zero-order valence-electron chi connectivity index (χ0n) is 9.91. The van der Waals surface area contributed by atoms with E-state index in [4.69, 9.17) is 0 Å². The molecule has 1 saturated carbocycles. The summed E-state index contributed by atoms with van der Waals surface area (Å²) in [6, 6.07) is 4.16. The maximum absolute atomic E-state index is 11.5. The summed E-state index contributed by atoms with van der Waals surface area (Å²) < 4.78 is 1.79. The first-order valence-corrected chi connectivity index (χ1v) is 6.26. The summed E-state index contributed by atoms with van der Waals surface area (Å²) in [6.45, 7) is 2.89. The van der Waals surface area contributed by atoms with Crippen LogP contribution in [-0.2, 0) is 6.54 Å². The number of aryl methyl sites for hydroxylation is 1. The van der Waals surface area contributed by atoms with Gasteiger partial charge in [-0.1, -0.05) is 19.8 Å². The molecule has 1 aromatic rings. The summed E-state index contributed by atoms with van der Waals surface area (Å²) in [5, 5.41) is 3.51. The highest BCUT2D eigenvalue weighted by atomic mass is 16.1. The summed E-state index contributed by atoms with van der Waals surface area (Å²) in [7, 11) is 0. The quantitative estimate of drug-likeness (QED) is 0.846. The minimum absolute atomic E-state index is 0.0961. The van der Waals surface area contributed by atoms with Gasteiger partial charge in [-0.3, -0.25) is 4.79 Å². The summed E-state index contributed by atoms with van der Waals surface area (Å²) in [6.07, 6.45) is 8.11. The van der Waals surface area contributed by atoms with Crippen molar-refractivity contribution in [2.75, 3.05) is 5.32 Å². The van der Waals surface area contributed by atoms with Crippen LogP contribution in [0.1, 0.15) is 39.0 Å². The second-order valence-electron chi connectivity index (χ2n) is 4.58. The second kappa shape index (κ2) is 5.19. The van der Waals surface area contributed by atoms with E-state index in [1.54, 1.807) is 10.6 Å². The predicted octanol–water partition coefficient (Wildman–Crippen LogP) is 2.61. The normalized spacial score (nSPS) is 16.6. The fraction of sp³-hybridized carbons (Fsp3) is 0.615. The van der Waals surface area contributed by atoms with Crippen molar-refractivity contribution in [3.63, 3.8) is 0 Å². The molecule has 1 N–H and O–H groups in total. The second-order valence-corrected chi connectivity index (χ2v) is 4.58. The van der Waals surface area contributed by atoms with Gasteiger partial charge in [0, 0.05) is 24.8 Å². The van der Waals surface area contributed by atoms with Crippen LogP contribution in [0.4, 0.5) is 5.69 Å². The molecule has 2 rings (SSSR count). The predicted molar refractivity (Wildman–Crippen MR) is 66.9 cm³/mol. The van der Waals surface area contributed by atoms with E-state index in [2.05, 4.69) is 12.2 Å². The molecular weight excluding hydrogens is 200 g/mol. The Bertz CT molecular complexity index is 391. The van der Waals surface area contributed by atoms with E-state index in [-0.39, 0.29) is 5.56 Å². The summed E-state index contributed by atoms with van der Waals surface area (Å²) in [4.78, 5) is 11.5. The van der Waals surface area contributed by atoms with Crippen molar-refractivity contribution in [1.29, 1.82) is 0 Å². The number of nitrogens with zero attached hydrogens (tertiary/aromatic N) is 1. The van der Waals surface area contributed by atoms with E-state index < -0.39 is 0 Å². The van der Waals surface area contributed by atoms with E-state index in [0.29, 0.717) is 6.04 Å². The zero-order valence-corrected chi connectivity index (χ0v) is 9.91. The molecule has 0 unspecified atom stereocenters. The number of hydrogen-bond acceptors (Lipinski definition) is 2. The van der Waals surface area contributed by atoms with Gasteiger partial charge in [-0.05, 0) is 25.3 Å². The highest BCUT2D eigenvalue weighted by Crippen LogP contribution is 2.21. The molecule has 1 heterocycles. The van der Waals surface area contributed by atoms with Gasteiger partial charge in [-0.25, -0.2) is 0 Å². The summed E-state index contributed by atoms with van der Waals surface area (Å²) >= 11 is 0. The highest BCUT2D eigenvalue weighted by Gasteiger charge is 2.14. The fourth-order valence-electron chi connectivity index (χ4n) is 2.34. The minimum Gasteiger partial charge on any atom is -0.381 e. The number of hydrogen-bond donors (Lipinski definition) is 1. The topological polar surface area (TPSA) is 34.0 Å². The van der Waals surface area contributed by atoms with Gasteiger partial charge in [0.15, 0.2) is 0 Å². The van der Waals surface area contributed by atoms with Gasteiger partial charge in [0.25, 0.3) is 5.56 Å². The summed E-state index contributed by atoms with van der Waals surface area (Å²) in [5.41, 5.74) is 1.18. The molecule has 3 heteroatoms. The molecule has 16 heavy (non-hydrogen) atoms. The largest absolute Gasteiger partial charge is 0.381 e.